The normalized spacial score (nSPS) is 9.81. The zero-order valence-corrected chi connectivity index (χ0v) is 9.00. The lowest BCUT2D eigenvalue weighted by Gasteiger charge is -2.03. The molecule has 0 aliphatic rings. The maximum absolute atomic E-state index is 13.4. The van der Waals surface area contributed by atoms with Crippen LogP contribution < -0.4 is 0 Å². The first-order valence-electron chi connectivity index (χ1n) is 4.66. The molecule has 0 fully saturated rings. The van der Waals surface area contributed by atoms with Crippen LogP contribution in [0.1, 0.15) is 5.56 Å². The van der Waals surface area contributed by atoms with Gasteiger partial charge in [0.15, 0.2) is 0 Å². The topological polar surface area (TPSA) is 23.8 Å². The molecule has 16 heavy (non-hydrogen) atoms. The van der Waals surface area contributed by atoms with Crippen LogP contribution in [0.25, 0.3) is 11.1 Å². The summed E-state index contributed by atoms with van der Waals surface area (Å²) in [5.41, 5.74) is 1.58. The molecule has 0 amide bonds. The molecule has 0 aliphatic carbocycles. The molecule has 3 heteroatoms. The molecule has 0 atom stereocenters. The van der Waals surface area contributed by atoms with Gasteiger partial charge in [0.2, 0.25) is 0 Å². The third-order valence-corrected chi connectivity index (χ3v) is 2.48. The van der Waals surface area contributed by atoms with Crippen molar-refractivity contribution in [2.24, 2.45) is 0 Å². The number of benzene rings is 2. The van der Waals surface area contributed by atoms with Crippen molar-refractivity contribution in [2.45, 2.75) is 0 Å². The van der Waals surface area contributed by atoms with Gasteiger partial charge in [0.05, 0.1) is 5.56 Å². The Morgan fingerprint density at radius 3 is 2.44 bits per heavy atom. The van der Waals surface area contributed by atoms with Gasteiger partial charge >= 0.3 is 0 Å². The van der Waals surface area contributed by atoms with Crippen molar-refractivity contribution in [2.75, 3.05) is 0 Å². The number of hydrogen-bond acceptors (Lipinski definition) is 1. The van der Waals surface area contributed by atoms with E-state index in [1.165, 1.54) is 12.1 Å². The van der Waals surface area contributed by atoms with E-state index in [4.69, 9.17) is 16.9 Å². The highest BCUT2D eigenvalue weighted by Gasteiger charge is 2.04. The molecule has 0 spiro atoms. The zero-order chi connectivity index (χ0) is 11.5. The van der Waals surface area contributed by atoms with E-state index >= 15 is 0 Å². The number of rotatable bonds is 1. The number of nitriles is 1. The second-order valence-corrected chi connectivity index (χ2v) is 3.75. The van der Waals surface area contributed by atoms with E-state index in [0.717, 1.165) is 5.56 Å². The Labute approximate surface area is 97.7 Å². The number of nitrogens with zero attached hydrogens (tertiary/aromatic N) is 1. The molecule has 0 aromatic heterocycles. The van der Waals surface area contributed by atoms with E-state index < -0.39 is 5.82 Å². The smallest absolute Gasteiger partial charge is 0.141 e. The Kier molecular flexibility index (Phi) is 2.89. The van der Waals surface area contributed by atoms with E-state index in [2.05, 4.69) is 0 Å². The van der Waals surface area contributed by atoms with E-state index in [1.54, 1.807) is 30.3 Å². The highest BCUT2D eigenvalue weighted by molar-refractivity contribution is 6.30. The lowest BCUT2D eigenvalue weighted by atomic mass is 10.0. The van der Waals surface area contributed by atoms with Gasteiger partial charge in [-0.2, -0.15) is 5.26 Å². The molecule has 2 rings (SSSR count). The van der Waals surface area contributed by atoms with Crippen LogP contribution in [0.5, 0.6) is 0 Å². The van der Waals surface area contributed by atoms with Gasteiger partial charge in [-0.3, -0.25) is 0 Å². The first-order valence-corrected chi connectivity index (χ1v) is 5.04. The van der Waals surface area contributed by atoms with Crippen molar-refractivity contribution in [1.82, 2.24) is 0 Å². The Morgan fingerprint density at radius 1 is 1.06 bits per heavy atom. The largest absolute Gasteiger partial charge is 0.206 e. The summed E-state index contributed by atoms with van der Waals surface area (Å²) in [6, 6.07) is 13.4. The molecular formula is C13H7ClFN. The molecule has 0 unspecified atom stereocenters. The van der Waals surface area contributed by atoms with Gasteiger partial charge in [-0.05, 0) is 35.4 Å². The van der Waals surface area contributed by atoms with Crippen LogP contribution in [0.3, 0.4) is 0 Å². The van der Waals surface area contributed by atoms with Gasteiger partial charge in [0.1, 0.15) is 11.9 Å². The van der Waals surface area contributed by atoms with Gasteiger partial charge in [0, 0.05) is 5.02 Å². The van der Waals surface area contributed by atoms with Crippen molar-refractivity contribution >= 4 is 11.6 Å². The van der Waals surface area contributed by atoms with E-state index in [-0.39, 0.29) is 5.56 Å². The average Bonchev–Trinajstić information content (AvgIpc) is 2.29. The second kappa shape index (κ2) is 4.34. The molecule has 0 N–H and O–H groups in total. The maximum atomic E-state index is 13.4. The lowest BCUT2D eigenvalue weighted by molar-refractivity contribution is 0.624. The molecule has 0 heterocycles. The lowest BCUT2D eigenvalue weighted by Crippen LogP contribution is -1.85. The predicted octanol–water partition coefficient (Wildman–Crippen LogP) is 4.02. The minimum absolute atomic E-state index is 0.0470. The Bertz CT molecular complexity index is 572. The van der Waals surface area contributed by atoms with Crippen LogP contribution in [0, 0.1) is 17.1 Å². The maximum Gasteiger partial charge on any atom is 0.141 e. The monoisotopic (exact) mass is 231 g/mol. The van der Waals surface area contributed by atoms with Crippen molar-refractivity contribution < 1.29 is 4.39 Å². The summed E-state index contributed by atoms with van der Waals surface area (Å²) in [5.74, 6) is -0.514. The molecule has 0 saturated heterocycles. The van der Waals surface area contributed by atoms with Crippen molar-refractivity contribution in [1.29, 1.82) is 5.26 Å². The van der Waals surface area contributed by atoms with Crippen molar-refractivity contribution in [3.8, 4) is 17.2 Å². The summed E-state index contributed by atoms with van der Waals surface area (Å²) in [4.78, 5) is 0. The van der Waals surface area contributed by atoms with E-state index in [1.807, 2.05) is 6.07 Å². The van der Waals surface area contributed by atoms with E-state index in [9.17, 15) is 4.39 Å². The van der Waals surface area contributed by atoms with Gasteiger partial charge in [0.25, 0.3) is 0 Å². The van der Waals surface area contributed by atoms with Gasteiger partial charge in [-0.15, -0.1) is 0 Å². The fourth-order valence-corrected chi connectivity index (χ4v) is 1.64. The van der Waals surface area contributed by atoms with Gasteiger partial charge < -0.3 is 0 Å². The third kappa shape index (κ3) is 2.05. The minimum Gasteiger partial charge on any atom is -0.206 e. The summed E-state index contributed by atoms with van der Waals surface area (Å²) in [6.07, 6.45) is 0. The summed E-state index contributed by atoms with van der Waals surface area (Å²) in [6.45, 7) is 0. The second-order valence-electron chi connectivity index (χ2n) is 3.32. The van der Waals surface area contributed by atoms with Gasteiger partial charge in [-0.1, -0.05) is 29.8 Å². The fraction of sp³-hybridized carbons (Fsp3) is 0. The zero-order valence-electron chi connectivity index (χ0n) is 8.24. The highest BCUT2D eigenvalue weighted by atomic mass is 35.5. The Morgan fingerprint density at radius 2 is 1.81 bits per heavy atom. The summed E-state index contributed by atoms with van der Waals surface area (Å²) < 4.78 is 13.4. The Balaban J connectivity index is 2.50. The average molecular weight is 232 g/mol. The first kappa shape index (κ1) is 10.7. The summed E-state index contributed by atoms with van der Waals surface area (Å²) in [7, 11) is 0. The number of hydrogen-bond donors (Lipinski definition) is 0. The predicted molar refractivity (Wildman–Crippen MR) is 61.6 cm³/mol. The molecule has 0 saturated carbocycles. The number of halogens is 2. The third-order valence-electron chi connectivity index (χ3n) is 2.25. The van der Waals surface area contributed by atoms with Crippen molar-refractivity contribution in [3.05, 3.63) is 58.9 Å². The molecule has 1 nitrogen and oxygen atoms in total. The Hall–Kier alpha value is -1.85. The van der Waals surface area contributed by atoms with E-state index in [0.29, 0.717) is 10.6 Å². The molecule has 2 aromatic rings. The van der Waals surface area contributed by atoms with Crippen LogP contribution in [-0.2, 0) is 0 Å². The molecule has 0 radical (unpaired) electrons. The molecular weight excluding hydrogens is 225 g/mol. The van der Waals surface area contributed by atoms with Crippen LogP contribution >= 0.6 is 11.6 Å². The minimum atomic E-state index is -0.514. The van der Waals surface area contributed by atoms with Crippen LogP contribution in [0.2, 0.25) is 5.02 Å². The molecule has 2 aromatic carbocycles. The molecule has 0 bridgehead atoms. The summed E-state index contributed by atoms with van der Waals surface area (Å²) in [5, 5.41) is 9.21. The summed E-state index contributed by atoms with van der Waals surface area (Å²) >= 11 is 5.85. The standard InChI is InChI=1S/C13H7ClFN/c14-12-3-1-2-9(6-12)10-4-5-11(8-16)13(15)7-10/h1-7H. The van der Waals surface area contributed by atoms with Crippen LogP contribution in [0.4, 0.5) is 4.39 Å². The molecule has 0 aliphatic heterocycles. The van der Waals surface area contributed by atoms with Crippen molar-refractivity contribution in [3.63, 3.8) is 0 Å². The molecule has 78 valence electrons. The van der Waals surface area contributed by atoms with Gasteiger partial charge in [-0.25, -0.2) is 4.39 Å². The SMILES string of the molecule is N#Cc1ccc(-c2cccc(Cl)c2)cc1F. The first-order chi connectivity index (χ1) is 7.70. The fourth-order valence-electron chi connectivity index (χ4n) is 1.45. The highest BCUT2D eigenvalue weighted by Crippen LogP contribution is 2.24. The van der Waals surface area contributed by atoms with Crippen LogP contribution in [0.15, 0.2) is 42.5 Å². The van der Waals surface area contributed by atoms with Crippen LogP contribution in [-0.4, -0.2) is 0 Å². The quantitative estimate of drug-likeness (QED) is 0.727.